The van der Waals surface area contributed by atoms with Gasteiger partial charge in [-0.15, -0.1) is 0 Å². The molecule has 0 atom stereocenters. The summed E-state index contributed by atoms with van der Waals surface area (Å²) in [6, 6.07) is 2.42. The Labute approximate surface area is 74.7 Å². The third kappa shape index (κ3) is 1.76. The standard InChI is InChI=1S/C5H2INO4/c6-5(8)3-1-2-4(11-3)7(9)10/h1-2H. The van der Waals surface area contributed by atoms with Gasteiger partial charge in [0.05, 0.1) is 6.07 Å². The van der Waals surface area contributed by atoms with Crippen LogP contribution in [0.3, 0.4) is 0 Å². The van der Waals surface area contributed by atoms with Crippen molar-refractivity contribution in [1.29, 1.82) is 0 Å². The molecular weight excluding hydrogens is 265 g/mol. The van der Waals surface area contributed by atoms with E-state index in [9.17, 15) is 14.9 Å². The predicted octanol–water partition coefficient (Wildman–Crippen LogP) is 1.76. The van der Waals surface area contributed by atoms with Crippen molar-refractivity contribution in [2.45, 2.75) is 0 Å². The molecule has 0 aliphatic rings. The van der Waals surface area contributed by atoms with Crippen LogP contribution in [-0.4, -0.2) is 8.71 Å². The Morgan fingerprint density at radius 1 is 1.64 bits per heavy atom. The van der Waals surface area contributed by atoms with Crippen molar-refractivity contribution in [3.05, 3.63) is 28.0 Å². The van der Waals surface area contributed by atoms with Gasteiger partial charge >= 0.3 is 5.88 Å². The first-order chi connectivity index (χ1) is 5.11. The highest BCUT2D eigenvalue weighted by molar-refractivity contribution is 14.1. The third-order valence-corrected chi connectivity index (χ3v) is 1.50. The summed E-state index contributed by atoms with van der Waals surface area (Å²) >= 11 is 1.49. The van der Waals surface area contributed by atoms with Gasteiger partial charge in [-0.1, -0.05) is 0 Å². The lowest BCUT2D eigenvalue weighted by Gasteiger charge is -1.82. The van der Waals surface area contributed by atoms with Gasteiger partial charge in [0.1, 0.15) is 4.92 Å². The Bertz CT molecular complexity index is 277. The van der Waals surface area contributed by atoms with E-state index in [4.69, 9.17) is 0 Å². The Balaban J connectivity index is 2.99. The molecule has 0 saturated heterocycles. The molecule has 0 spiro atoms. The lowest BCUT2D eigenvalue weighted by molar-refractivity contribution is -0.402. The molecule has 0 fully saturated rings. The fourth-order valence-electron chi connectivity index (χ4n) is 0.531. The van der Waals surface area contributed by atoms with Crippen LogP contribution in [-0.2, 0) is 0 Å². The minimum absolute atomic E-state index is 0.00250. The predicted molar refractivity (Wildman–Crippen MR) is 43.7 cm³/mol. The molecule has 0 aliphatic heterocycles. The van der Waals surface area contributed by atoms with E-state index in [1.165, 1.54) is 28.7 Å². The summed E-state index contributed by atoms with van der Waals surface area (Å²) in [6.45, 7) is 0. The number of carbonyl (C=O) groups excluding carboxylic acids is 1. The summed E-state index contributed by atoms with van der Waals surface area (Å²) in [4.78, 5) is 19.9. The van der Waals surface area contributed by atoms with Crippen LogP contribution in [0.5, 0.6) is 0 Å². The van der Waals surface area contributed by atoms with Crippen molar-refractivity contribution in [2.24, 2.45) is 0 Å². The number of carbonyl (C=O) groups is 1. The first-order valence-corrected chi connectivity index (χ1v) is 3.63. The molecule has 1 aromatic rings. The van der Waals surface area contributed by atoms with Gasteiger partial charge in [0.15, 0.2) is 5.76 Å². The van der Waals surface area contributed by atoms with Crippen molar-refractivity contribution < 1.29 is 14.1 Å². The van der Waals surface area contributed by atoms with Crippen molar-refractivity contribution in [3.8, 4) is 0 Å². The summed E-state index contributed by atoms with van der Waals surface area (Å²) in [5, 5.41) is 10.0. The molecule has 1 heterocycles. The average Bonchev–Trinajstić information content (AvgIpc) is 2.33. The van der Waals surface area contributed by atoms with Crippen LogP contribution in [0.25, 0.3) is 0 Å². The van der Waals surface area contributed by atoms with Crippen LogP contribution in [0.15, 0.2) is 16.5 Å². The smallest absolute Gasteiger partial charge is 0.397 e. The summed E-state index contributed by atoms with van der Waals surface area (Å²) < 4.78 is 4.20. The van der Waals surface area contributed by atoms with Crippen molar-refractivity contribution in [2.75, 3.05) is 0 Å². The topological polar surface area (TPSA) is 73.3 Å². The largest absolute Gasteiger partial charge is 0.433 e. The highest BCUT2D eigenvalue weighted by Gasteiger charge is 2.14. The van der Waals surface area contributed by atoms with Crippen LogP contribution in [0.1, 0.15) is 10.6 Å². The SMILES string of the molecule is O=C(I)c1ccc([N+](=O)[O-])o1. The van der Waals surface area contributed by atoms with Gasteiger partial charge in [-0.05, 0) is 6.07 Å². The van der Waals surface area contributed by atoms with Crippen molar-refractivity contribution in [1.82, 2.24) is 0 Å². The molecular formula is C5H2INO4. The first kappa shape index (κ1) is 8.18. The molecule has 0 radical (unpaired) electrons. The van der Waals surface area contributed by atoms with Gasteiger partial charge in [0.25, 0.3) is 3.79 Å². The summed E-state index contributed by atoms with van der Waals surface area (Å²) in [6.07, 6.45) is 0. The molecule has 1 aromatic heterocycles. The number of rotatable bonds is 2. The molecule has 5 nitrogen and oxygen atoms in total. The summed E-state index contributed by atoms with van der Waals surface area (Å²) in [7, 11) is 0. The number of nitro groups is 1. The summed E-state index contributed by atoms with van der Waals surface area (Å²) in [5.41, 5.74) is 0. The van der Waals surface area contributed by atoms with E-state index in [1.54, 1.807) is 0 Å². The average molecular weight is 267 g/mol. The van der Waals surface area contributed by atoms with Gasteiger partial charge in [-0.25, -0.2) is 0 Å². The number of nitrogens with zero attached hydrogens (tertiary/aromatic N) is 1. The van der Waals surface area contributed by atoms with Crippen LogP contribution in [0, 0.1) is 10.1 Å². The molecule has 0 aliphatic carbocycles. The summed E-state index contributed by atoms with van der Waals surface area (Å²) in [5.74, 6) is -0.415. The normalized spacial score (nSPS) is 9.55. The van der Waals surface area contributed by atoms with E-state index in [0.717, 1.165) is 6.07 Å². The van der Waals surface area contributed by atoms with Crippen LogP contribution in [0.4, 0.5) is 5.88 Å². The highest BCUT2D eigenvalue weighted by atomic mass is 127. The van der Waals surface area contributed by atoms with Crippen molar-refractivity contribution in [3.63, 3.8) is 0 Å². The van der Waals surface area contributed by atoms with Crippen molar-refractivity contribution >= 4 is 32.3 Å². The maximum absolute atomic E-state index is 10.6. The fraction of sp³-hybridized carbons (Fsp3) is 0. The van der Waals surface area contributed by atoms with Gasteiger partial charge in [-0.2, -0.15) is 0 Å². The molecule has 6 heteroatoms. The lowest BCUT2D eigenvalue weighted by atomic mass is 10.5. The molecule has 1 rings (SSSR count). The number of halogens is 1. The van der Waals surface area contributed by atoms with Gasteiger partial charge in [0.2, 0.25) is 0 Å². The highest BCUT2D eigenvalue weighted by Crippen LogP contribution is 2.17. The second-order valence-corrected chi connectivity index (χ2v) is 2.65. The minimum Gasteiger partial charge on any atom is -0.397 e. The molecule has 0 amide bonds. The molecule has 0 N–H and O–H groups in total. The first-order valence-electron chi connectivity index (χ1n) is 2.55. The second kappa shape index (κ2) is 2.99. The Kier molecular flexibility index (Phi) is 2.22. The molecule has 0 bridgehead atoms. The van der Waals surface area contributed by atoms with E-state index < -0.39 is 10.8 Å². The third-order valence-electron chi connectivity index (χ3n) is 0.965. The molecule has 0 saturated carbocycles. The van der Waals surface area contributed by atoms with Crippen LogP contribution >= 0.6 is 22.6 Å². The molecule has 0 aromatic carbocycles. The van der Waals surface area contributed by atoms with E-state index in [-0.39, 0.29) is 9.55 Å². The zero-order chi connectivity index (χ0) is 8.43. The molecule has 0 unspecified atom stereocenters. The quantitative estimate of drug-likeness (QED) is 0.354. The van der Waals surface area contributed by atoms with E-state index in [0.29, 0.717) is 0 Å². The Hall–Kier alpha value is -0.920. The fourth-order valence-corrected chi connectivity index (χ4v) is 0.821. The Morgan fingerprint density at radius 3 is 2.55 bits per heavy atom. The van der Waals surface area contributed by atoms with E-state index in [2.05, 4.69) is 4.42 Å². The molecule has 58 valence electrons. The zero-order valence-electron chi connectivity index (χ0n) is 5.11. The number of hydrogen-bond acceptors (Lipinski definition) is 4. The van der Waals surface area contributed by atoms with Gasteiger partial charge < -0.3 is 4.42 Å². The maximum Gasteiger partial charge on any atom is 0.433 e. The van der Waals surface area contributed by atoms with Gasteiger partial charge in [-0.3, -0.25) is 14.9 Å². The minimum atomic E-state index is -0.691. The molecule has 11 heavy (non-hydrogen) atoms. The monoisotopic (exact) mass is 267 g/mol. The number of furan rings is 1. The zero-order valence-corrected chi connectivity index (χ0v) is 7.27. The van der Waals surface area contributed by atoms with E-state index >= 15 is 0 Å². The Morgan fingerprint density at radius 2 is 2.27 bits per heavy atom. The van der Waals surface area contributed by atoms with Gasteiger partial charge in [0, 0.05) is 22.6 Å². The van der Waals surface area contributed by atoms with E-state index in [1.807, 2.05) is 0 Å². The van der Waals surface area contributed by atoms with Crippen LogP contribution in [0.2, 0.25) is 0 Å². The van der Waals surface area contributed by atoms with Crippen LogP contribution < -0.4 is 0 Å². The number of hydrogen-bond donors (Lipinski definition) is 0. The lowest BCUT2D eigenvalue weighted by Crippen LogP contribution is -1.84. The maximum atomic E-state index is 10.6. The second-order valence-electron chi connectivity index (χ2n) is 1.67.